The first-order valence-electron chi connectivity index (χ1n) is 9.50. The molecule has 1 amide bonds. The van der Waals surface area contributed by atoms with Crippen molar-refractivity contribution in [1.82, 2.24) is 5.32 Å². The van der Waals surface area contributed by atoms with E-state index in [1.807, 2.05) is 67.6 Å². The van der Waals surface area contributed by atoms with Gasteiger partial charge in [0.15, 0.2) is 0 Å². The summed E-state index contributed by atoms with van der Waals surface area (Å²) >= 11 is 6.31. The van der Waals surface area contributed by atoms with Crippen LogP contribution in [0.1, 0.15) is 42.1 Å². The Bertz CT molecular complexity index is 961. The second kappa shape index (κ2) is 9.38. The van der Waals surface area contributed by atoms with Crippen molar-refractivity contribution in [3.05, 3.63) is 106 Å². The van der Waals surface area contributed by atoms with E-state index in [-0.39, 0.29) is 11.9 Å². The predicted octanol–water partition coefficient (Wildman–Crippen LogP) is 6.32. The number of aryl methyl sites for hydroxylation is 1. The Morgan fingerprint density at radius 2 is 1.61 bits per heavy atom. The molecule has 28 heavy (non-hydrogen) atoms. The lowest BCUT2D eigenvalue weighted by Crippen LogP contribution is -2.27. The van der Waals surface area contributed by atoms with E-state index >= 15 is 0 Å². The third-order valence-corrected chi connectivity index (χ3v) is 5.11. The fourth-order valence-electron chi connectivity index (χ4n) is 3.05. The molecular formula is C25H24ClNO. The average Bonchev–Trinajstić information content (AvgIpc) is 2.73. The van der Waals surface area contributed by atoms with Crippen molar-refractivity contribution >= 4 is 29.2 Å². The topological polar surface area (TPSA) is 29.1 Å². The van der Waals surface area contributed by atoms with Crippen molar-refractivity contribution in [1.29, 1.82) is 0 Å². The highest BCUT2D eigenvalue weighted by Gasteiger charge is 2.16. The fourth-order valence-corrected chi connectivity index (χ4v) is 3.24. The molecule has 0 aliphatic carbocycles. The van der Waals surface area contributed by atoms with Crippen molar-refractivity contribution in [2.45, 2.75) is 26.3 Å². The Hall–Kier alpha value is -2.84. The van der Waals surface area contributed by atoms with E-state index in [0.29, 0.717) is 10.6 Å². The Kier molecular flexibility index (Phi) is 6.67. The van der Waals surface area contributed by atoms with Crippen LogP contribution in [0.4, 0.5) is 0 Å². The summed E-state index contributed by atoms with van der Waals surface area (Å²) < 4.78 is 0. The van der Waals surface area contributed by atoms with Gasteiger partial charge in [-0.1, -0.05) is 91.3 Å². The number of halogens is 1. The molecule has 2 nitrogen and oxygen atoms in total. The van der Waals surface area contributed by atoms with E-state index in [0.717, 1.165) is 23.1 Å². The van der Waals surface area contributed by atoms with Crippen LogP contribution in [0.3, 0.4) is 0 Å². The van der Waals surface area contributed by atoms with Gasteiger partial charge in [0, 0.05) is 10.6 Å². The van der Waals surface area contributed by atoms with Crippen molar-refractivity contribution in [3.63, 3.8) is 0 Å². The third-order valence-electron chi connectivity index (χ3n) is 4.77. The Morgan fingerprint density at radius 1 is 0.964 bits per heavy atom. The van der Waals surface area contributed by atoms with Crippen LogP contribution in [0, 0.1) is 0 Å². The Morgan fingerprint density at radius 3 is 2.25 bits per heavy atom. The minimum atomic E-state index is -0.127. The second-order valence-electron chi connectivity index (χ2n) is 6.74. The number of amides is 1. The summed E-state index contributed by atoms with van der Waals surface area (Å²) in [4.78, 5) is 13.1. The van der Waals surface area contributed by atoms with E-state index in [2.05, 4.69) is 36.5 Å². The van der Waals surface area contributed by atoms with E-state index in [1.165, 1.54) is 5.56 Å². The standard InChI is InChI=1S/C25H24ClNO/c1-3-19-13-15-20(16-14-19)18(2)27-25(28)23(21-9-5-4-6-10-21)17-22-11-7-8-12-24(22)26/h4-18H,3H2,1-2H3,(H,27,28)/b23-17+. The lowest BCUT2D eigenvalue weighted by atomic mass is 10.0. The van der Waals surface area contributed by atoms with Crippen molar-refractivity contribution < 1.29 is 4.79 Å². The highest BCUT2D eigenvalue weighted by atomic mass is 35.5. The molecule has 142 valence electrons. The zero-order valence-electron chi connectivity index (χ0n) is 16.2. The minimum Gasteiger partial charge on any atom is -0.345 e. The second-order valence-corrected chi connectivity index (χ2v) is 7.14. The van der Waals surface area contributed by atoms with Crippen LogP contribution in [0.5, 0.6) is 0 Å². The number of carbonyl (C=O) groups is 1. The van der Waals surface area contributed by atoms with Gasteiger partial charge in [-0.3, -0.25) is 4.79 Å². The third kappa shape index (κ3) is 4.90. The van der Waals surface area contributed by atoms with E-state index in [4.69, 9.17) is 11.6 Å². The summed E-state index contributed by atoms with van der Waals surface area (Å²) in [5, 5.41) is 3.74. The molecule has 0 saturated heterocycles. The van der Waals surface area contributed by atoms with E-state index in [1.54, 1.807) is 0 Å². The lowest BCUT2D eigenvalue weighted by molar-refractivity contribution is -0.116. The number of carbonyl (C=O) groups excluding carboxylic acids is 1. The number of hydrogen-bond acceptors (Lipinski definition) is 1. The van der Waals surface area contributed by atoms with Crippen molar-refractivity contribution in [3.8, 4) is 0 Å². The molecule has 1 unspecified atom stereocenters. The molecule has 3 rings (SSSR count). The maximum absolute atomic E-state index is 13.1. The molecule has 0 saturated carbocycles. The van der Waals surface area contributed by atoms with Crippen LogP contribution in [0.25, 0.3) is 11.6 Å². The normalized spacial score (nSPS) is 12.5. The van der Waals surface area contributed by atoms with E-state index < -0.39 is 0 Å². The zero-order chi connectivity index (χ0) is 19.9. The van der Waals surface area contributed by atoms with Crippen LogP contribution in [-0.2, 0) is 11.2 Å². The number of rotatable bonds is 6. The van der Waals surface area contributed by atoms with Crippen LogP contribution in [-0.4, -0.2) is 5.91 Å². The van der Waals surface area contributed by atoms with Crippen LogP contribution < -0.4 is 5.32 Å². The smallest absolute Gasteiger partial charge is 0.252 e. The van der Waals surface area contributed by atoms with Gasteiger partial charge in [-0.05, 0) is 47.7 Å². The quantitative estimate of drug-likeness (QED) is 0.388. The van der Waals surface area contributed by atoms with Gasteiger partial charge in [0.25, 0.3) is 5.91 Å². The molecule has 0 spiro atoms. The summed E-state index contributed by atoms with van der Waals surface area (Å²) in [5.74, 6) is -0.127. The summed E-state index contributed by atoms with van der Waals surface area (Å²) in [5.41, 5.74) is 4.62. The molecule has 1 N–H and O–H groups in total. The van der Waals surface area contributed by atoms with Gasteiger partial charge in [0.05, 0.1) is 6.04 Å². The largest absolute Gasteiger partial charge is 0.345 e. The van der Waals surface area contributed by atoms with Crippen molar-refractivity contribution in [2.75, 3.05) is 0 Å². The molecule has 0 aliphatic rings. The first-order chi connectivity index (χ1) is 13.6. The van der Waals surface area contributed by atoms with Gasteiger partial charge in [0.2, 0.25) is 0 Å². The molecule has 1 atom stereocenters. The van der Waals surface area contributed by atoms with Crippen LogP contribution >= 0.6 is 11.6 Å². The molecule has 3 heteroatoms. The fraction of sp³-hybridized carbons (Fsp3) is 0.160. The van der Waals surface area contributed by atoms with Gasteiger partial charge < -0.3 is 5.32 Å². The number of nitrogens with one attached hydrogen (secondary N) is 1. The molecule has 0 fully saturated rings. The molecule has 0 aromatic heterocycles. The Labute approximate surface area is 171 Å². The van der Waals surface area contributed by atoms with Gasteiger partial charge in [0.1, 0.15) is 0 Å². The number of hydrogen-bond donors (Lipinski definition) is 1. The molecule has 0 radical (unpaired) electrons. The van der Waals surface area contributed by atoms with Gasteiger partial charge >= 0.3 is 0 Å². The first kappa shape index (κ1) is 19.9. The van der Waals surface area contributed by atoms with Gasteiger partial charge in [-0.2, -0.15) is 0 Å². The van der Waals surface area contributed by atoms with E-state index in [9.17, 15) is 4.79 Å². The minimum absolute atomic E-state index is 0.100. The summed E-state index contributed by atoms with van der Waals surface area (Å²) in [7, 11) is 0. The lowest BCUT2D eigenvalue weighted by Gasteiger charge is -2.17. The summed E-state index contributed by atoms with van der Waals surface area (Å²) in [6.45, 7) is 4.13. The molecule has 0 heterocycles. The van der Waals surface area contributed by atoms with Gasteiger partial charge in [-0.25, -0.2) is 0 Å². The number of benzene rings is 3. The predicted molar refractivity (Wildman–Crippen MR) is 118 cm³/mol. The maximum atomic E-state index is 13.1. The van der Waals surface area contributed by atoms with Crippen LogP contribution in [0.15, 0.2) is 78.9 Å². The Balaban J connectivity index is 1.89. The summed E-state index contributed by atoms with van der Waals surface area (Å²) in [6.07, 6.45) is 2.85. The monoisotopic (exact) mass is 389 g/mol. The van der Waals surface area contributed by atoms with Gasteiger partial charge in [-0.15, -0.1) is 0 Å². The maximum Gasteiger partial charge on any atom is 0.252 e. The molecule has 0 bridgehead atoms. The molecule has 0 aliphatic heterocycles. The molecular weight excluding hydrogens is 366 g/mol. The average molecular weight is 390 g/mol. The summed E-state index contributed by atoms with van der Waals surface area (Å²) in [6, 6.07) is 25.4. The van der Waals surface area contributed by atoms with Crippen LogP contribution in [0.2, 0.25) is 5.02 Å². The highest BCUT2D eigenvalue weighted by Crippen LogP contribution is 2.24. The first-order valence-corrected chi connectivity index (χ1v) is 9.87. The SMILES string of the molecule is CCc1ccc(C(C)NC(=O)/C(=C/c2ccccc2Cl)c2ccccc2)cc1. The van der Waals surface area contributed by atoms with Crippen molar-refractivity contribution in [2.24, 2.45) is 0 Å². The molecule has 3 aromatic carbocycles. The zero-order valence-corrected chi connectivity index (χ0v) is 16.9. The molecule has 3 aromatic rings. The highest BCUT2D eigenvalue weighted by molar-refractivity contribution is 6.33.